The van der Waals surface area contributed by atoms with Crippen molar-refractivity contribution < 1.29 is 18.3 Å². The van der Waals surface area contributed by atoms with Crippen LogP contribution >= 0.6 is 0 Å². The molecule has 122 valence electrons. The van der Waals surface area contributed by atoms with Crippen LogP contribution in [0.4, 0.5) is 5.69 Å². The Kier molecular flexibility index (Phi) is 3.99. The molecule has 0 aromatic heterocycles. The van der Waals surface area contributed by atoms with Crippen molar-refractivity contribution >= 4 is 21.7 Å². The standard InChI is InChI=1S/C17H14N2O4S/c18-10-12-5-7-14(8-6-12)24(22,23)19-11-13(9-17(20)21)15-3-1-2-4-16(15)19/h1-8,13H,9,11H2,(H,20,21). The number of fused-ring (bicyclic) bond motifs is 1. The zero-order valence-electron chi connectivity index (χ0n) is 12.6. The number of hydrogen-bond donors (Lipinski definition) is 1. The van der Waals surface area contributed by atoms with Gasteiger partial charge in [0.15, 0.2) is 0 Å². The SMILES string of the molecule is N#Cc1ccc(S(=O)(=O)N2CC(CC(=O)O)c3ccccc32)cc1. The molecule has 0 spiro atoms. The Morgan fingerprint density at radius 3 is 2.50 bits per heavy atom. The van der Waals surface area contributed by atoms with Crippen molar-refractivity contribution in [2.24, 2.45) is 0 Å². The summed E-state index contributed by atoms with van der Waals surface area (Å²) in [6.07, 6.45) is -0.129. The van der Waals surface area contributed by atoms with E-state index in [9.17, 15) is 13.2 Å². The maximum absolute atomic E-state index is 12.9. The minimum Gasteiger partial charge on any atom is -0.481 e. The van der Waals surface area contributed by atoms with Crippen molar-refractivity contribution in [1.82, 2.24) is 0 Å². The zero-order valence-corrected chi connectivity index (χ0v) is 13.4. The minimum atomic E-state index is -3.81. The van der Waals surface area contributed by atoms with Crippen LogP contribution in [0.25, 0.3) is 0 Å². The van der Waals surface area contributed by atoms with E-state index in [1.54, 1.807) is 24.3 Å². The third-order valence-electron chi connectivity index (χ3n) is 4.02. The fourth-order valence-electron chi connectivity index (χ4n) is 2.90. The van der Waals surface area contributed by atoms with Crippen molar-refractivity contribution in [2.45, 2.75) is 17.2 Å². The molecule has 0 fully saturated rings. The van der Waals surface area contributed by atoms with Crippen molar-refractivity contribution in [3.63, 3.8) is 0 Å². The summed E-state index contributed by atoms with van der Waals surface area (Å²) in [6, 6.07) is 14.6. The Hall–Kier alpha value is -2.85. The lowest BCUT2D eigenvalue weighted by atomic mass is 9.98. The third kappa shape index (κ3) is 2.72. The number of carboxylic acid groups (broad SMARTS) is 1. The molecule has 2 aromatic rings. The van der Waals surface area contributed by atoms with Gasteiger partial charge in [-0.1, -0.05) is 18.2 Å². The summed E-state index contributed by atoms with van der Waals surface area (Å²) in [5, 5.41) is 17.9. The van der Waals surface area contributed by atoms with Gasteiger partial charge in [-0.3, -0.25) is 9.10 Å². The lowest BCUT2D eigenvalue weighted by Gasteiger charge is -2.20. The van der Waals surface area contributed by atoms with Gasteiger partial charge in [0.1, 0.15) is 0 Å². The van der Waals surface area contributed by atoms with E-state index in [4.69, 9.17) is 10.4 Å². The van der Waals surface area contributed by atoms with E-state index in [0.29, 0.717) is 11.3 Å². The number of benzene rings is 2. The first kappa shape index (κ1) is 16.0. The van der Waals surface area contributed by atoms with Crippen LogP contribution in [-0.2, 0) is 14.8 Å². The fourth-order valence-corrected chi connectivity index (χ4v) is 4.43. The maximum atomic E-state index is 12.9. The van der Waals surface area contributed by atoms with Crippen LogP contribution in [0.1, 0.15) is 23.5 Å². The van der Waals surface area contributed by atoms with Crippen molar-refractivity contribution in [2.75, 3.05) is 10.8 Å². The highest BCUT2D eigenvalue weighted by atomic mass is 32.2. The number of nitriles is 1. The molecule has 0 bridgehead atoms. The molecule has 24 heavy (non-hydrogen) atoms. The van der Waals surface area contributed by atoms with Crippen LogP contribution < -0.4 is 4.31 Å². The second kappa shape index (κ2) is 5.98. The second-order valence-corrected chi connectivity index (χ2v) is 7.39. The van der Waals surface area contributed by atoms with Crippen LogP contribution in [0.15, 0.2) is 53.4 Å². The third-order valence-corrected chi connectivity index (χ3v) is 5.82. The van der Waals surface area contributed by atoms with Gasteiger partial charge in [0.05, 0.1) is 28.6 Å². The molecule has 2 aromatic carbocycles. The maximum Gasteiger partial charge on any atom is 0.304 e. The molecular weight excluding hydrogens is 328 g/mol. The molecule has 1 unspecified atom stereocenters. The van der Waals surface area contributed by atoms with E-state index >= 15 is 0 Å². The number of hydrogen-bond acceptors (Lipinski definition) is 4. The van der Waals surface area contributed by atoms with Gasteiger partial charge in [-0.05, 0) is 35.9 Å². The zero-order chi connectivity index (χ0) is 17.3. The predicted octanol–water partition coefficient (Wildman–Crippen LogP) is 2.33. The highest BCUT2D eigenvalue weighted by Crippen LogP contribution is 2.40. The summed E-state index contributed by atoms with van der Waals surface area (Å²) >= 11 is 0. The van der Waals surface area contributed by atoms with Gasteiger partial charge >= 0.3 is 5.97 Å². The van der Waals surface area contributed by atoms with E-state index in [-0.39, 0.29) is 23.8 Å². The average molecular weight is 342 g/mol. The van der Waals surface area contributed by atoms with Gasteiger partial charge < -0.3 is 5.11 Å². The highest BCUT2D eigenvalue weighted by Gasteiger charge is 2.37. The number of anilines is 1. The fraction of sp³-hybridized carbons (Fsp3) is 0.176. The van der Waals surface area contributed by atoms with Gasteiger partial charge in [0.2, 0.25) is 0 Å². The molecule has 1 heterocycles. The molecule has 3 rings (SSSR count). The topological polar surface area (TPSA) is 98.5 Å². The summed E-state index contributed by atoms with van der Waals surface area (Å²) in [5.74, 6) is -1.35. The molecule has 0 saturated carbocycles. The highest BCUT2D eigenvalue weighted by molar-refractivity contribution is 7.92. The van der Waals surface area contributed by atoms with Crippen LogP contribution in [-0.4, -0.2) is 26.0 Å². The Morgan fingerprint density at radius 1 is 1.21 bits per heavy atom. The number of nitrogens with zero attached hydrogens (tertiary/aromatic N) is 2. The quantitative estimate of drug-likeness (QED) is 0.919. The molecule has 1 atom stereocenters. The molecule has 0 saturated heterocycles. The number of carboxylic acids is 1. The van der Waals surface area contributed by atoms with E-state index in [2.05, 4.69) is 0 Å². The lowest BCUT2D eigenvalue weighted by molar-refractivity contribution is -0.137. The monoisotopic (exact) mass is 342 g/mol. The van der Waals surface area contributed by atoms with Gasteiger partial charge in [-0.2, -0.15) is 5.26 Å². The molecule has 1 aliphatic heterocycles. The van der Waals surface area contributed by atoms with Gasteiger partial charge in [-0.15, -0.1) is 0 Å². The van der Waals surface area contributed by atoms with Crippen molar-refractivity contribution in [3.05, 3.63) is 59.7 Å². The van der Waals surface area contributed by atoms with E-state index in [1.807, 2.05) is 6.07 Å². The number of rotatable bonds is 4. The normalized spacial score (nSPS) is 16.5. The first-order chi connectivity index (χ1) is 11.4. The van der Waals surface area contributed by atoms with Crippen molar-refractivity contribution in [3.8, 4) is 6.07 Å². The molecule has 0 amide bonds. The largest absolute Gasteiger partial charge is 0.481 e. The Bertz CT molecular complexity index is 930. The summed E-state index contributed by atoms with van der Waals surface area (Å²) in [7, 11) is -3.81. The number of aliphatic carboxylic acids is 1. The molecule has 6 nitrogen and oxygen atoms in total. The first-order valence-electron chi connectivity index (χ1n) is 7.27. The molecular formula is C17H14N2O4S. The van der Waals surface area contributed by atoms with Crippen molar-refractivity contribution in [1.29, 1.82) is 5.26 Å². The summed E-state index contributed by atoms with van der Waals surface area (Å²) in [6.45, 7) is 0.0913. The lowest BCUT2D eigenvalue weighted by Crippen LogP contribution is -2.30. The molecule has 1 N–H and O–H groups in total. The van der Waals surface area contributed by atoms with Crippen LogP contribution in [0.2, 0.25) is 0 Å². The summed E-state index contributed by atoms with van der Waals surface area (Å²) in [4.78, 5) is 11.1. The molecule has 0 radical (unpaired) electrons. The molecule has 0 aliphatic carbocycles. The molecule has 1 aliphatic rings. The van der Waals surface area contributed by atoms with E-state index in [1.165, 1.54) is 28.6 Å². The van der Waals surface area contributed by atoms with Gasteiger partial charge in [0, 0.05) is 12.5 Å². The van der Waals surface area contributed by atoms with Crippen LogP contribution in [0, 0.1) is 11.3 Å². The Labute approximate surface area is 139 Å². The smallest absolute Gasteiger partial charge is 0.304 e. The van der Waals surface area contributed by atoms with Crippen LogP contribution in [0.5, 0.6) is 0 Å². The Balaban J connectivity index is 2.02. The minimum absolute atomic E-state index is 0.0762. The number of para-hydroxylation sites is 1. The number of sulfonamides is 1. The Morgan fingerprint density at radius 2 is 1.88 bits per heavy atom. The first-order valence-corrected chi connectivity index (χ1v) is 8.71. The molecule has 7 heteroatoms. The van der Waals surface area contributed by atoms with Gasteiger partial charge in [-0.25, -0.2) is 8.42 Å². The van der Waals surface area contributed by atoms with Crippen LogP contribution in [0.3, 0.4) is 0 Å². The van der Waals surface area contributed by atoms with E-state index < -0.39 is 16.0 Å². The summed E-state index contributed by atoms with van der Waals surface area (Å²) < 4.78 is 27.1. The van der Waals surface area contributed by atoms with Gasteiger partial charge in [0.25, 0.3) is 10.0 Å². The van der Waals surface area contributed by atoms with E-state index in [0.717, 1.165) is 5.56 Å². The predicted molar refractivity (Wildman–Crippen MR) is 87.1 cm³/mol. The number of carbonyl (C=O) groups is 1. The summed E-state index contributed by atoms with van der Waals surface area (Å²) in [5.41, 5.74) is 1.60. The average Bonchev–Trinajstić information content (AvgIpc) is 2.94. The second-order valence-electron chi connectivity index (χ2n) is 5.53.